The molecule has 2 aromatic heterocycles. The van der Waals surface area contributed by atoms with Gasteiger partial charge in [-0.25, -0.2) is 4.52 Å². The Labute approximate surface area is 128 Å². The maximum atomic E-state index is 12.8. The minimum atomic E-state index is -0.808. The smallest absolute Gasteiger partial charge is 0.257 e. The van der Waals surface area contributed by atoms with Crippen LogP contribution in [0.25, 0.3) is 5.52 Å². The highest BCUT2D eigenvalue weighted by Crippen LogP contribution is 2.28. The quantitative estimate of drug-likeness (QED) is 0.783. The van der Waals surface area contributed by atoms with E-state index in [2.05, 4.69) is 22.3 Å². The van der Waals surface area contributed by atoms with Crippen molar-refractivity contribution in [1.82, 2.24) is 25.1 Å². The van der Waals surface area contributed by atoms with Gasteiger partial charge in [0.05, 0.1) is 31.0 Å². The number of aromatic nitrogens is 2. The Morgan fingerprint density at radius 1 is 1.50 bits per heavy atom. The second-order valence-electron chi connectivity index (χ2n) is 5.63. The van der Waals surface area contributed by atoms with Crippen molar-refractivity contribution in [3.05, 3.63) is 48.5 Å². The number of hydrogen-bond donors (Lipinski definition) is 2. The molecule has 2 aliphatic rings. The number of nitrogens with one attached hydrogen (secondary N) is 2. The standard InChI is InChI=1S/C15H15N5O2/c1-10-17-14(22)15(18-10)5-7-19(9-15)13(21)11-8-16-20-6-3-2-4-12(11)20/h2-4,6,8,18H,1,5,7,9H2,(H,17,22)/i8T. The molecule has 4 heterocycles. The van der Waals surface area contributed by atoms with Gasteiger partial charge in [-0.3, -0.25) is 9.59 Å². The largest absolute Gasteiger partial charge is 0.356 e. The highest BCUT2D eigenvalue weighted by Gasteiger charge is 2.50. The van der Waals surface area contributed by atoms with Crippen molar-refractivity contribution in [3.63, 3.8) is 0 Å². The molecule has 0 saturated carbocycles. The van der Waals surface area contributed by atoms with Gasteiger partial charge < -0.3 is 15.5 Å². The average molecular weight is 299 g/mol. The van der Waals surface area contributed by atoms with E-state index in [-0.39, 0.29) is 30.1 Å². The van der Waals surface area contributed by atoms with Crippen LogP contribution in [0.5, 0.6) is 0 Å². The summed E-state index contributed by atoms with van der Waals surface area (Å²) in [5.41, 5.74) is 0.0503. The zero-order chi connectivity index (χ0) is 16.2. The highest BCUT2D eigenvalue weighted by molar-refractivity contribution is 6.02. The number of fused-ring (bicyclic) bond motifs is 1. The Balaban J connectivity index is 1.67. The Bertz CT molecular complexity index is 861. The highest BCUT2D eigenvalue weighted by atomic mass is 16.2. The number of nitrogens with zero attached hydrogens (tertiary/aromatic N) is 3. The molecule has 112 valence electrons. The lowest BCUT2D eigenvalue weighted by Gasteiger charge is -2.21. The van der Waals surface area contributed by atoms with Gasteiger partial charge in [0.1, 0.15) is 5.54 Å². The zero-order valence-electron chi connectivity index (χ0n) is 12.8. The van der Waals surface area contributed by atoms with Crippen LogP contribution in [0.1, 0.15) is 18.1 Å². The first-order chi connectivity index (χ1) is 11.0. The summed E-state index contributed by atoms with van der Waals surface area (Å²) in [4.78, 5) is 26.5. The van der Waals surface area contributed by atoms with Crippen LogP contribution in [-0.2, 0) is 4.79 Å². The fourth-order valence-electron chi connectivity index (χ4n) is 3.10. The van der Waals surface area contributed by atoms with Crippen molar-refractivity contribution in [2.75, 3.05) is 13.1 Å². The molecule has 0 bridgehead atoms. The van der Waals surface area contributed by atoms with Crippen LogP contribution in [0.15, 0.2) is 43.0 Å². The molecule has 0 aromatic carbocycles. The molecule has 1 spiro atoms. The number of amides is 2. The molecule has 22 heavy (non-hydrogen) atoms. The summed E-state index contributed by atoms with van der Waals surface area (Å²) in [6.07, 6.45) is 2.15. The summed E-state index contributed by atoms with van der Waals surface area (Å²) in [6, 6.07) is 5.35. The van der Waals surface area contributed by atoms with E-state index in [0.717, 1.165) is 0 Å². The first-order valence-corrected chi connectivity index (χ1v) is 7.02. The Hall–Kier alpha value is -2.83. The topological polar surface area (TPSA) is 78.7 Å². The number of rotatable bonds is 1. The van der Waals surface area contributed by atoms with Gasteiger partial charge in [-0.1, -0.05) is 12.6 Å². The van der Waals surface area contributed by atoms with Gasteiger partial charge in [0, 0.05) is 12.7 Å². The third kappa shape index (κ3) is 1.71. The molecule has 4 rings (SSSR count). The van der Waals surface area contributed by atoms with Crippen molar-refractivity contribution >= 4 is 17.3 Å². The fourth-order valence-corrected chi connectivity index (χ4v) is 3.10. The zero-order valence-corrected chi connectivity index (χ0v) is 11.8. The summed E-state index contributed by atoms with van der Waals surface area (Å²) in [7, 11) is 0. The Kier molecular flexibility index (Phi) is 2.32. The van der Waals surface area contributed by atoms with Crippen molar-refractivity contribution in [2.24, 2.45) is 0 Å². The van der Waals surface area contributed by atoms with Crippen molar-refractivity contribution < 1.29 is 11.0 Å². The van der Waals surface area contributed by atoms with E-state index in [1.807, 2.05) is 0 Å². The second kappa shape index (κ2) is 4.33. The van der Waals surface area contributed by atoms with E-state index in [0.29, 0.717) is 24.3 Å². The van der Waals surface area contributed by atoms with E-state index in [1.54, 1.807) is 29.3 Å². The van der Waals surface area contributed by atoms with Gasteiger partial charge in [0.2, 0.25) is 0 Å². The lowest BCUT2D eigenvalue weighted by Crippen LogP contribution is -2.49. The molecule has 0 aliphatic carbocycles. The normalized spacial score (nSPS) is 24.7. The Morgan fingerprint density at radius 2 is 2.36 bits per heavy atom. The van der Waals surface area contributed by atoms with E-state index < -0.39 is 5.54 Å². The predicted octanol–water partition coefficient (Wildman–Crippen LogP) is 0.110. The van der Waals surface area contributed by atoms with Crippen LogP contribution < -0.4 is 10.6 Å². The molecule has 0 radical (unpaired) electrons. The average Bonchev–Trinajstić information content (AvgIpc) is 3.15. The van der Waals surface area contributed by atoms with Crippen LogP contribution in [0.3, 0.4) is 0 Å². The van der Waals surface area contributed by atoms with Crippen LogP contribution in [-0.4, -0.2) is 45.0 Å². The molecule has 7 heteroatoms. The molecule has 2 saturated heterocycles. The van der Waals surface area contributed by atoms with Crippen LogP contribution in [0.2, 0.25) is 0 Å². The number of carbonyl (C=O) groups excluding carboxylic acids is 2. The number of carbonyl (C=O) groups is 2. The molecule has 1 unspecified atom stereocenters. The van der Waals surface area contributed by atoms with Gasteiger partial charge >= 0.3 is 0 Å². The maximum Gasteiger partial charge on any atom is 0.257 e. The number of likely N-dealkylation sites (tertiary alicyclic amines) is 1. The fraction of sp³-hybridized carbons (Fsp3) is 0.267. The van der Waals surface area contributed by atoms with Crippen LogP contribution in [0, 0.1) is 0 Å². The first kappa shape index (κ1) is 11.8. The van der Waals surface area contributed by atoms with Gasteiger partial charge in [-0.05, 0) is 18.6 Å². The Morgan fingerprint density at radius 3 is 3.14 bits per heavy atom. The first-order valence-electron chi connectivity index (χ1n) is 7.52. The van der Waals surface area contributed by atoms with Gasteiger partial charge in [-0.15, -0.1) is 0 Å². The van der Waals surface area contributed by atoms with Gasteiger partial charge in [0.15, 0.2) is 0 Å². The summed E-state index contributed by atoms with van der Waals surface area (Å²) < 4.78 is 9.50. The molecule has 2 aliphatic heterocycles. The van der Waals surface area contributed by atoms with Gasteiger partial charge in [0.25, 0.3) is 11.8 Å². The van der Waals surface area contributed by atoms with Crippen molar-refractivity contribution in [2.45, 2.75) is 12.0 Å². The van der Waals surface area contributed by atoms with Crippen molar-refractivity contribution in [3.8, 4) is 0 Å². The van der Waals surface area contributed by atoms with Crippen molar-refractivity contribution in [1.29, 1.82) is 0 Å². The predicted molar refractivity (Wildman–Crippen MR) is 78.9 cm³/mol. The molecule has 2 amide bonds. The third-order valence-corrected chi connectivity index (χ3v) is 4.22. The van der Waals surface area contributed by atoms with Gasteiger partial charge in [-0.2, -0.15) is 5.10 Å². The molecule has 1 atom stereocenters. The summed E-state index contributed by atoms with van der Waals surface area (Å²) in [6.45, 7) is 4.40. The van der Waals surface area contributed by atoms with E-state index in [1.165, 1.54) is 4.52 Å². The summed E-state index contributed by atoms with van der Waals surface area (Å²) in [5, 5.41) is 9.74. The molecule has 2 fully saturated rings. The van der Waals surface area contributed by atoms with E-state index >= 15 is 0 Å². The third-order valence-electron chi connectivity index (χ3n) is 4.22. The summed E-state index contributed by atoms with van der Waals surface area (Å²) >= 11 is 0. The molecule has 7 nitrogen and oxygen atoms in total. The minimum absolute atomic E-state index is 0.0598. The second-order valence-corrected chi connectivity index (χ2v) is 5.63. The molecule has 2 N–H and O–H groups in total. The molecule has 2 aromatic rings. The minimum Gasteiger partial charge on any atom is -0.356 e. The number of hydrogen-bond acceptors (Lipinski definition) is 4. The van der Waals surface area contributed by atoms with Crippen LogP contribution >= 0.6 is 0 Å². The maximum absolute atomic E-state index is 12.8. The monoisotopic (exact) mass is 299 g/mol. The SMILES string of the molecule is [3H]c1nn2ccccc2c1C(=O)N1CCC2(C1)NC(=C)NC2=O. The molecular weight excluding hydrogens is 282 g/mol. The lowest BCUT2D eigenvalue weighted by molar-refractivity contribution is -0.123. The summed E-state index contributed by atoms with van der Waals surface area (Å²) in [5.74, 6) is 0.0189. The van der Waals surface area contributed by atoms with E-state index in [9.17, 15) is 9.59 Å². The molecular formula is C15H15N5O2. The van der Waals surface area contributed by atoms with Crippen LogP contribution in [0.4, 0.5) is 0 Å². The van der Waals surface area contributed by atoms with E-state index in [4.69, 9.17) is 1.37 Å². The number of pyridine rings is 1. The lowest BCUT2D eigenvalue weighted by atomic mass is 9.99.